The fourth-order valence-electron chi connectivity index (χ4n) is 2.55. The lowest BCUT2D eigenvalue weighted by Crippen LogP contribution is -2.00. The van der Waals surface area contributed by atoms with Gasteiger partial charge in [-0.15, -0.1) is 0 Å². The second kappa shape index (κ2) is 5.41. The number of phenolic OH excluding ortho intramolecular Hbond substituents is 1. The van der Waals surface area contributed by atoms with Crippen LogP contribution in [0.15, 0.2) is 36.4 Å². The highest BCUT2D eigenvalue weighted by Gasteiger charge is 2.15. The van der Waals surface area contributed by atoms with Crippen LogP contribution >= 0.6 is 11.6 Å². The summed E-state index contributed by atoms with van der Waals surface area (Å²) >= 11 is 6.35. The average Bonchev–Trinajstić information content (AvgIpc) is 2.83. The van der Waals surface area contributed by atoms with Crippen LogP contribution in [0.2, 0.25) is 5.02 Å². The molecule has 0 unspecified atom stereocenters. The largest absolute Gasteiger partial charge is 0.508 e. The van der Waals surface area contributed by atoms with E-state index in [1.54, 1.807) is 6.07 Å². The van der Waals surface area contributed by atoms with Crippen molar-refractivity contribution in [3.05, 3.63) is 47.0 Å². The minimum absolute atomic E-state index is 0.286. The molecule has 3 aromatic rings. The van der Waals surface area contributed by atoms with Crippen LogP contribution in [0.5, 0.6) is 5.75 Å². The molecule has 0 aliphatic rings. The molecule has 0 atom stereocenters. The van der Waals surface area contributed by atoms with E-state index in [1.165, 1.54) is 0 Å². The summed E-state index contributed by atoms with van der Waals surface area (Å²) in [6.07, 6.45) is 0.988. The summed E-state index contributed by atoms with van der Waals surface area (Å²) in [5.41, 5.74) is 3.59. The number of fused-ring (bicyclic) bond motifs is 1. The highest BCUT2D eigenvalue weighted by atomic mass is 35.5. The summed E-state index contributed by atoms with van der Waals surface area (Å²) in [5.74, 6) is 1.13. The number of phenols is 1. The van der Waals surface area contributed by atoms with Crippen LogP contribution in [0.1, 0.15) is 18.9 Å². The smallest absolute Gasteiger partial charge is 0.141 e. The third kappa shape index (κ3) is 2.38. The van der Waals surface area contributed by atoms with Gasteiger partial charge in [-0.2, -0.15) is 0 Å². The predicted molar refractivity (Wildman–Crippen MR) is 86.9 cm³/mol. The lowest BCUT2D eigenvalue weighted by molar-refractivity contribution is 0.471. The number of aromatic nitrogens is 2. The van der Waals surface area contributed by atoms with Crippen molar-refractivity contribution < 1.29 is 5.11 Å². The van der Waals surface area contributed by atoms with E-state index in [-0.39, 0.29) is 5.75 Å². The van der Waals surface area contributed by atoms with Gasteiger partial charge in [0.15, 0.2) is 0 Å². The van der Waals surface area contributed by atoms with Crippen LogP contribution in [0.4, 0.5) is 0 Å². The van der Waals surface area contributed by atoms with Gasteiger partial charge in [0.1, 0.15) is 11.6 Å². The van der Waals surface area contributed by atoms with E-state index < -0.39 is 0 Å². The van der Waals surface area contributed by atoms with Crippen molar-refractivity contribution in [3.8, 4) is 17.1 Å². The van der Waals surface area contributed by atoms with Gasteiger partial charge >= 0.3 is 0 Å². The van der Waals surface area contributed by atoms with Crippen LogP contribution in [0, 0.1) is 6.92 Å². The summed E-state index contributed by atoms with van der Waals surface area (Å²) in [6.45, 7) is 4.84. The molecule has 1 heterocycles. The summed E-state index contributed by atoms with van der Waals surface area (Å²) < 4.78 is 2.13. The molecule has 0 amide bonds. The Kier molecular flexibility index (Phi) is 3.60. The standard InChI is InChI=1S/C17H17ClN2O/c1-3-9-20-16-13(18)5-4-6-14(16)19-17(20)12-8-7-11(2)15(21)10-12/h4-8,10,21H,3,9H2,1-2H3. The number of benzene rings is 2. The number of halogens is 1. The number of nitrogens with zero attached hydrogens (tertiary/aromatic N) is 2. The minimum atomic E-state index is 0.286. The van der Waals surface area contributed by atoms with E-state index in [2.05, 4.69) is 11.5 Å². The molecule has 0 spiro atoms. The number of hydrogen-bond donors (Lipinski definition) is 1. The van der Waals surface area contributed by atoms with Crippen LogP contribution in [-0.2, 0) is 6.54 Å². The van der Waals surface area contributed by atoms with Crippen molar-refractivity contribution in [2.24, 2.45) is 0 Å². The van der Waals surface area contributed by atoms with Crippen LogP contribution < -0.4 is 0 Å². The van der Waals surface area contributed by atoms with Crippen LogP contribution in [-0.4, -0.2) is 14.7 Å². The van der Waals surface area contributed by atoms with Crippen LogP contribution in [0.3, 0.4) is 0 Å². The topological polar surface area (TPSA) is 38.0 Å². The molecule has 2 aromatic carbocycles. The molecule has 4 heteroatoms. The first-order chi connectivity index (χ1) is 10.1. The number of aryl methyl sites for hydroxylation is 2. The Hall–Kier alpha value is -2.00. The van der Waals surface area contributed by atoms with Gasteiger partial charge in [0.25, 0.3) is 0 Å². The molecular weight excluding hydrogens is 284 g/mol. The lowest BCUT2D eigenvalue weighted by atomic mass is 10.1. The third-order valence-corrected chi connectivity index (χ3v) is 3.94. The molecule has 0 bridgehead atoms. The van der Waals surface area contributed by atoms with Crippen molar-refractivity contribution in [2.75, 3.05) is 0 Å². The number of rotatable bonds is 3. The molecule has 3 rings (SSSR count). The maximum Gasteiger partial charge on any atom is 0.141 e. The zero-order chi connectivity index (χ0) is 15.0. The second-order valence-corrected chi connectivity index (χ2v) is 5.60. The second-order valence-electron chi connectivity index (χ2n) is 5.20. The Morgan fingerprint density at radius 1 is 1.24 bits per heavy atom. The van der Waals surface area contributed by atoms with Crippen molar-refractivity contribution in [1.82, 2.24) is 9.55 Å². The van der Waals surface area contributed by atoms with Gasteiger partial charge in [0.05, 0.1) is 16.1 Å². The highest BCUT2D eigenvalue weighted by Crippen LogP contribution is 2.31. The predicted octanol–water partition coefficient (Wildman–Crippen LogP) is 4.78. The number of imidazole rings is 1. The van der Waals surface area contributed by atoms with E-state index in [9.17, 15) is 5.11 Å². The van der Waals surface area contributed by atoms with Gasteiger partial charge < -0.3 is 9.67 Å². The molecule has 1 N–H and O–H groups in total. The summed E-state index contributed by atoms with van der Waals surface area (Å²) in [6, 6.07) is 11.4. The molecule has 108 valence electrons. The Balaban J connectivity index is 2.28. The molecule has 0 aliphatic carbocycles. The summed E-state index contributed by atoms with van der Waals surface area (Å²) in [5, 5.41) is 10.7. The molecule has 0 fully saturated rings. The van der Waals surface area contributed by atoms with E-state index in [0.29, 0.717) is 5.02 Å². The maximum absolute atomic E-state index is 9.95. The molecule has 1 aromatic heterocycles. The first-order valence-corrected chi connectivity index (χ1v) is 7.44. The van der Waals surface area contributed by atoms with Crippen molar-refractivity contribution in [3.63, 3.8) is 0 Å². The Morgan fingerprint density at radius 3 is 2.76 bits per heavy atom. The summed E-state index contributed by atoms with van der Waals surface area (Å²) in [4.78, 5) is 4.70. The normalized spacial score (nSPS) is 11.2. The van der Waals surface area contributed by atoms with E-state index >= 15 is 0 Å². The average molecular weight is 301 g/mol. The molecule has 0 saturated heterocycles. The van der Waals surface area contributed by atoms with E-state index in [1.807, 2.05) is 37.3 Å². The Labute approximate surface area is 128 Å². The molecule has 3 nitrogen and oxygen atoms in total. The van der Waals surface area contributed by atoms with E-state index in [4.69, 9.17) is 16.6 Å². The quantitative estimate of drug-likeness (QED) is 0.756. The number of para-hydroxylation sites is 1. The summed E-state index contributed by atoms with van der Waals surface area (Å²) in [7, 11) is 0. The van der Waals surface area contributed by atoms with Crippen molar-refractivity contribution in [1.29, 1.82) is 0 Å². The fraction of sp³-hybridized carbons (Fsp3) is 0.235. The zero-order valence-electron chi connectivity index (χ0n) is 12.1. The Morgan fingerprint density at radius 2 is 2.05 bits per heavy atom. The van der Waals surface area contributed by atoms with Gasteiger partial charge in [0, 0.05) is 12.1 Å². The third-order valence-electron chi connectivity index (χ3n) is 3.63. The first kappa shape index (κ1) is 14.0. The van der Waals surface area contributed by atoms with Crippen molar-refractivity contribution in [2.45, 2.75) is 26.8 Å². The number of hydrogen-bond acceptors (Lipinski definition) is 2. The Bertz CT molecular complexity index is 808. The highest BCUT2D eigenvalue weighted by molar-refractivity contribution is 6.35. The SMILES string of the molecule is CCCn1c(-c2ccc(C)c(O)c2)nc2cccc(Cl)c21. The van der Waals surface area contributed by atoms with Crippen molar-refractivity contribution >= 4 is 22.6 Å². The van der Waals surface area contributed by atoms with Crippen LogP contribution in [0.25, 0.3) is 22.4 Å². The lowest BCUT2D eigenvalue weighted by Gasteiger charge is -2.09. The molecule has 21 heavy (non-hydrogen) atoms. The van der Waals surface area contributed by atoms with Gasteiger partial charge in [-0.25, -0.2) is 4.98 Å². The van der Waals surface area contributed by atoms with Gasteiger partial charge in [-0.1, -0.05) is 36.7 Å². The minimum Gasteiger partial charge on any atom is -0.508 e. The zero-order valence-corrected chi connectivity index (χ0v) is 12.9. The monoisotopic (exact) mass is 300 g/mol. The maximum atomic E-state index is 9.95. The molecule has 0 saturated carbocycles. The first-order valence-electron chi connectivity index (χ1n) is 7.06. The molecule has 0 aliphatic heterocycles. The van der Waals surface area contributed by atoms with Gasteiger partial charge in [0.2, 0.25) is 0 Å². The fourth-order valence-corrected chi connectivity index (χ4v) is 2.82. The number of aromatic hydroxyl groups is 1. The molecular formula is C17H17ClN2O. The van der Waals surface area contributed by atoms with Gasteiger partial charge in [-0.05, 0) is 37.1 Å². The van der Waals surface area contributed by atoms with E-state index in [0.717, 1.165) is 41.0 Å². The van der Waals surface area contributed by atoms with Gasteiger partial charge in [-0.3, -0.25) is 0 Å². The molecule has 0 radical (unpaired) electrons.